The number of fused-ring (bicyclic) bond motifs is 1. The van der Waals surface area contributed by atoms with E-state index in [9.17, 15) is 13.2 Å². The highest BCUT2D eigenvalue weighted by Gasteiger charge is 2.19. The molecule has 96 valence electrons. The van der Waals surface area contributed by atoms with Crippen LogP contribution in [0.2, 0.25) is 10.0 Å². The van der Waals surface area contributed by atoms with Crippen LogP contribution in [0, 0.1) is 0 Å². The van der Waals surface area contributed by atoms with E-state index in [0.29, 0.717) is 20.9 Å². The minimum absolute atomic E-state index is 0.261. The minimum Gasteiger partial charge on any atom is -0.360 e. The third-order valence-corrected chi connectivity index (χ3v) is 3.69. The van der Waals surface area contributed by atoms with Crippen LogP contribution >= 0.6 is 23.2 Å². The normalized spacial score (nSPS) is 11.9. The second kappa shape index (κ2) is 4.57. The molecule has 0 aliphatic heterocycles. The number of ketones is 1. The summed E-state index contributed by atoms with van der Waals surface area (Å²) in [7, 11) is -3.37. The van der Waals surface area contributed by atoms with Gasteiger partial charge in [-0.05, 0) is 12.1 Å². The largest absolute Gasteiger partial charge is 0.360 e. The summed E-state index contributed by atoms with van der Waals surface area (Å²) in [5.41, 5.74) is 0.862. The van der Waals surface area contributed by atoms with E-state index in [1.54, 1.807) is 6.07 Å². The SMILES string of the molecule is CS(=O)(=O)CC(=O)c1c[nH]c2cc(Cl)cc(Cl)c12. The van der Waals surface area contributed by atoms with Gasteiger partial charge >= 0.3 is 0 Å². The molecular weight excluding hydrogens is 297 g/mol. The summed E-state index contributed by atoms with van der Waals surface area (Å²) in [5, 5.41) is 1.25. The van der Waals surface area contributed by atoms with Crippen LogP contribution in [0.5, 0.6) is 0 Å². The van der Waals surface area contributed by atoms with E-state index in [1.807, 2.05) is 0 Å². The zero-order valence-corrected chi connectivity index (χ0v) is 11.7. The molecule has 0 atom stereocenters. The third-order valence-electron chi connectivity index (χ3n) is 2.39. The predicted octanol–water partition coefficient (Wildman–Crippen LogP) is 2.70. The smallest absolute Gasteiger partial charge is 0.180 e. The molecule has 0 unspecified atom stereocenters. The number of halogens is 2. The standard InChI is InChI=1S/C11H9Cl2NO3S/c1-18(16,17)5-10(15)7-4-14-9-3-6(12)2-8(13)11(7)9/h2-4,14H,5H2,1H3. The van der Waals surface area contributed by atoms with Crippen molar-refractivity contribution in [3.63, 3.8) is 0 Å². The summed E-state index contributed by atoms with van der Waals surface area (Å²) in [6.07, 6.45) is 2.46. The maximum absolute atomic E-state index is 11.9. The maximum atomic E-state index is 11.9. The number of hydrogen-bond donors (Lipinski definition) is 1. The predicted molar refractivity (Wildman–Crippen MR) is 72.4 cm³/mol. The number of carbonyl (C=O) groups is 1. The van der Waals surface area contributed by atoms with E-state index < -0.39 is 21.4 Å². The van der Waals surface area contributed by atoms with Crippen molar-refractivity contribution in [1.29, 1.82) is 0 Å². The minimum atomic E-state index is -3.37. The second-order valence-electron chi connectivity index (χ2n) is 4.01. The average molecular weight is 306 g/mol. The topological polar surface area (TPSA) is 67.0 Å². The van der Waals surface area contributed by atoms with Gasteiger partial charge in [-0.15, -0.1) is 0 Å². The van der Waals surface area contributed by atoms with E-state index in [2.05, 4.69) is 4.98 Å². The van der Waals surface area contributed by atoms with E-state index >= 15 is 0 Å². The molecule has 0 radical (unpaired) electrons. The van der Waals surface area contributed by atoms with Crippen LogP contribution in [0.15, 0.2) is 18.3 Å². The third kappa shape index (κ3) is 2.68. The number of hydrogen-bond acceptors (Lipinski definition) is 3. The number of nitrogens with one attached hydrogen (secondary N) is 1. The monoisotopic (exact) mass is 305 g/mol. The van der Waals surface area contributed by atoms with Crippen molar-refractivity contribution in [3.05, 3.63) is 33.9 Å². The van der Waals surface area contributed by atoms with Gasteiger partial charge in [-0.2, -0.15) is 0 Å². The van der Waals surface area contributed by atoms with Crippen LogP contribution in [0.25, 0.3) is 10.9 Å². The Hall–Kier alpha value is -1.04. The molecule has 1 heterocycles. The molecular formula is C11H9Cl2NO3S. The van der Waals surface area contributed by atoms with Gasteiger partial charge in [-0.25, -0.2) is 8.42 Å². The summed E-state index contributed by atoms with van der Waals surface area (Å²) in [6, 6.07) is 3.14. The fourth-order valence-corrected chi connectivity index (χ4v) is 2.95. The fourth-order valence-electron chi connectivity index (χ4n) is 1.72. The first kappa shape index (κ1) is 13.4. The molecule has 0 saturated carbocycles. The molecule has 2 rings (SSSR count). The number of H-pyrrole nitrogens is 1. The molecule has 1 aromatic heterocycles. The van der Waals surface area contributed by atoms with Crippen LogP contribution in [0.1, 0.15) is 10.4 Å². The highest BCUT2D eigenvalue weighted by Crippen LogP contribution is 2.30. The number of benzene rings is 1. The molecule has 1 aromatic carbocycles. The molecule has 0 aliphatic rings. The van der Waals surface area contributed by atoms with Crippen LogP contribution in [0.4, 0.5) is 0 Å². The first-order valence-corrected chi connectivity index (χ1v) is 7.76. The van der Waals surface area contributed by atoms with E-state index in [1.165, 1.54) is 12.3 Å². The van der Waals surface area contributed by atoms with Gasteiger partial charge in [0.1, 0.15) is 5.75 Å². The number of carbonyl (C=O) groups excluding carboxylic acids is 1. The highest BCUT2D eigenvalue weighted by atomic mass is 35.5. The van der Waals surface area contributed by atoms with Gasteiger partial charge in [0.2, 0.25) is 0 Å². The number of aromatic amines is 1. The number of sulfone groups is 1. The first-order chi connectivity index (χ1) is 8.28. The molecule has 18 heavy (non-hydrogen) atoms. The lowest BCUT2D eigenvalue weighted by atomic mass is 10.1. The molecule has 0 bridgehead atoms. The van der Waals surface area contributed by atoms with Crippen molar-refractivity contribution < 1.29 is 13.2 Å². The Morgan fingerprint density at radius 2 is 2.00 bits per heavy atom. The lowest BCUT2D eigenvalue weighted by molar-refractivity contribution is 0.102. The molecule has 7 heteroatoms. The van der Waals surface area contributed by atoms with Crippen molar-refractivity contribution in [2.75, 3.05) is 12.0 Å². The van der Waals surface area contributed by atoms with Gasteiger partial charge in [0.25, 0.3) is 0 Å². The molecule has 0 saturated heterocycles. The van der Waals surface area contributed by atoms with E-state index in [-0.39, 0.29) is 5.56 Å². The summed E-state index contributed by atoms with van der Waals surface area (Å²) >= 11 is 11.9. The Kier molecular flexibility index (Phi) is 3.40. The molecule has 0 amide bonds. The Morgan fingerprint density at radius 1 is 1.33 bits per heavy atom. The number of aromatic nitrogens is 1. The van der Waals surface area contributed by atoms with Crippen LogP contribution in [0.3, 0.4) is 0 Å². The van der Waals surface area contributed by atoms with Crippen LogP contribution in [-0.4, -0.2) is 31.2 Å². The van der Waals surface area contributed by atoms with Crippen molar-refractivity contribution >= 4 is 49.7 Å². The second-order valence-corrected chi connectivity index (χ2v) is 6.99. The Balaban J connectivity index is 2.56. The Morgan fingerprint density at radius 3 is 2.61 bits per heavy atom. The molecule has 0 spiro atoms. The lowest BCUT2D eigenvalue weighted by Crippen LogP contribution is -2.14. The molecule has 0 aliphatic carbocycles. The van der Waals surface area contributed by atoms with E-state index in [4.69, 9.17) is 23.2 Å². The van der Waals surface area contributed by atoms with Gasteiger partial charge in [0, 0.05) is 33.9 Å². The van der Waals surface area contributed by atoms with Gasteiger partial charge in [-0.3, -0.25) is 4.79 Å². The zero-order chi connectivity index (χ0) is 13.5. The van der Waals surface area contributed by atoms with E-state index in [0.717, 1.165) is 6.26 Å². The van der Waals surface area contributed by atoms with Gasteiger partial charge in [0.05, 0.1) is 5.02 Å². The van der Waals surface area contributed by atoms with Gasteiger partial charge in [-0.1, -0.05) is 23.2 Å². The number of Topliss-reactive ketones (excluding diaryl/α,β-unsaturated/α-hetero) is 1. The fraction of sp³-hybridized carbons (Fsp3) is 0.182. The molecule has 4 nitrogen and oxygen atoms in total. The van der Waals surface area contributed by atoms with Crippen LogP contribution < -0.4 is 0 Å². The highest BCUT2D eigenvalue weighted by molar-refractivity contribution is 7.91. The van der Waals surface area contributed by atoms with Gasteiger partial charge < -0.3 is 4.98 Å². The molecule has 1 N–H and O–H groups in total. The van der Waals surface area contributed by atoms with Crippen molar-refractivity contribution in [2.24, 2.45) is 0 Å². The first-order valence-electron chi connectivity index (χ1n) is 4.95. The average Bonchev–Trinajstić information content (AvgIpc) is 2.58. The summed E-state index contributed by atoms with van der Waals surface area (Å²) in [6.45, 7) is 0. The zero-order valence-electron chi connectivity index (χ0n) is 9.33. The molecule has 2 aromatic rings. The maximum Gasteiger partial charge on any atom is 0.180 e. The van der Waals surface area contributed by atoms with Crippen molar-refractivity contribution in [1.82, 2.24) is 4.98 Å². The quantitative estimate of drug-likeness (QED) is 0.887. The van der Waals surface area contributed by atoms with Crippen LogP contribution in [-0.2, 0) is 9.84 Å². The Labute approximate surface area is 114 Å². The molecule has 0 fully saturated rings. The lowest BCUT2D eigenvalue weighted by Gasteiger charge is -2.00. The summed E-state index contributed by atoms with van der Waals surface area (Å²) < 4.78 is 22.3. The van der Waals surface area contributed by atoms with Gasteiger partial charge in [0.15, 0.2) is 15.6 Å². The van der Waals surface area contributed by atoms with Crippen molar-refractivity contribution in [3.8, 4) is 0 Å². The number of rotatable bonds is 3. The Bertz CT molecular complexity index is 734. The van der Waals surface area contributed by atoms with Crippen molar-refractivity contribution in [2.45, 2.75) is 0 Å². The summed E-state index contributed by atoms with van der Waals surface area (Å²) in [5.74, 6) is -1.04. The summed E-state index contributed by atoms with van der Waals surface area (Å²) in [4.78, 5) is 14.7.